The van der Waals surface area contributed by atoms with Crippen LogP contribution in [0.25, 0.3) is 5.65 Å². The molecule has 0 aromatic carbocycles. The molecule has 2 aromatic rings. The van der Waals surface area contributed by atoms with Crippen molar-refractivity contribution in [3.8, 4) is 0 Å². The first-order valence-electron chi connectivity index (χ1n) is 4.89. The van der Waals surface area contributed by atoms with Crippen molar-refractivity contribution >= 4 is 17.4 Å². The fourth-order valence-electron chi connectivity index (χ4n) is 1.35. The predicted molar refractivity (Wildman–Crippen MR) is 58.7 cm³/mol. The Hall–Kier alpha value is -2.38. The first kappa shape index (κ1) is 11.1. The Kier molecular flexibility index (Phi) is 2.77. The lowest BCUT2D eigenvalue weighted by Crippen LogP contribution is -2.27. The van der Waals surface area contributed by atoms with Gasteiger partial charge in [-0.15, -0.1) is 0 Å². The number of hydrogen-bond acceptors (Lipinski definition) is 6. The van der Waals surface area contributed by atoms with Gasteiger partial charge in [-0.1, -0.05) is 0 Å². The van der Waals surface area contributed by atoms with Crippen LogP contribution in [0.2, 0.25) is 0 Å². The Morgan fingerprint density at radius 3 is 3.12 bits per heavy atom. The highest BCUT2D eigenvalue weighted by atomic mass is 16.5. The van der Waals surface area contributed by atoms with Crippen LogP contribution in [-0.4, -0.2) is 38.7 Å². The number of nitrogens with one attached hydrogen (secondary N) is 2. The number of H-pyrrole nitrogens is 1. The van der Waals surface area contributed by atoms with E-state index in [-0.39, 0.29) is 5.69 Å². The van der Waals surface area contributed by atoms with Crippen molar-refractivity contribution < 1.29 is 9.53 Å². The number of methoxy groups -OCH3 is 1. The third kappa shape index (κ3) is 2.10. The number of esters is 1. The summed E-state index contributed by atoms with van der Waals surface area (Å²) in [6, 6.07) is 1.03. The maximum absolute atomic E-state index is 11.2. The summed E-state index contributed by atoms with van der Waals surface area (Å²) in [5, 5.41) is 8.91. The van der Waals surface area contributed by atoms with Crippen molar-refractivity contribution in [1.29, 1.82) is 0 Å². The molecule has 0 radical (unpaired) electrons. The fraction of sp³-hybridized carbons (Fsp3) is 0.333. The van der Waals surface area contributed by atoms with Crippen LogP contribution in [0.1, 0.15) is 6.92 Å². The lowest BCUT2D eigenvalue weighted by atomic mass is 10.3. The number of carbonyl (C=O) groups is 1. The minimum Gasteiger partial charge on any atom is -0.467 e. The minimum absolute atomic E-state index is 0.361. The van der Waals surface area contributed by atoms with Gasteiger partial charge < -0.3 is 10.1 Å². The normalized spacial score (nSPS) is 12.4. The van der Waals surface area contributed by atoms with Gasteiger partial charge in [0.2, 0.25) is 0 Å². The third-order valence-electron chi connectivity index (χ3n) is 2.23. The molecule has 8 heteroatoms. The SMILES string of the molecule is COC(=O)C(C)Nc1cc2n[nH]c(=O)n2cn1. The lowest BCUT2D eigenvalue weighted by Gasteiger charge is -2.11. The molecular formula is C9H11N5O3. The van der Waals surface area contributed by atoms with Crippen molar-refractivity contribution in [1.82, 2.24) is 19.6 Å². The summed E-state index contributed by atoms with van der Waals surface area (Å²) < 4.78 is 5.83. The molecule has 2 heterocycles. The first-order chi connectivity index (χ1) is 8.11. The summed E-state index contributed by atoms with van der Waals surface area (Å²) in [7, 11) is 1.31. The van der Waals surface area contributed by atoms with E-state index in [9.17, 15) is 9.59 Å². The van der Waals surface area contributed by atoms with Crippen LogP contribution in [0.4, 0.5) is 5.82 Å². The van der Waals surface area contributed by atoms with E-state index in [1.54, 1.807) is 13.0 Å². The van der Waals surface area contributed by atoms with Crippen molar-refractivity contribution in [3.63, 3.8) is 0 Å². The molecule has 0 saturated carbocycles. The van der Waals surface area contributed by atoms with E-state index < -0.39 is 12.0 Å². The zero-order valence-corrected chi connectivity index (χ0v) is 9.30. The number of fused-ring (bicyclic) bond motifs is 1. The van der Waals surface area contributed by atoms with Crippen LogP contribution < -0.4 is 11.0 Å². The third-order valence-corrected chi connectivity index (χ3v) is 2.23. The van der Waals surface area contributed by atoms with E-state index in [1.165, 1.54) is 17.8 Å². The molecule has 2 aromatic heterocycles. The van der Waals surface area contributed by atoms with Gasteiger partial charge in [0.15, 0.2) is 5.65 Å². The standard InChI is InChI=1S/C9H11N5O3/c1-5(8(15)17-2)11-6-3-7-12-13-9(16)14(7)4-10-6/h3-5,11H,1-2H3,(H,13,16). The molecule has 0 aliphatic heterocycles. The second-order valence-electron chi connectivity index (χ2n) is 3.42. The number of carbonyl (C=O) groups excluding carboxylic acids is 1. The number of ether oxygens (including phenoxy) is 1. The molecule has 2 N–H and O–H groups in total. The van der Waals surface area contributed by atoms with E-state index in [4.69, 9.17) is 0 Å². The highest BCUT2D eigenvalue weighted by Crippen LogP contribution is 2.06. The zero-order chi connectivity index (χ0) is 12.4. The van der Waals surface area contributed by atoms with E-state index in [0.29, 0.717) is 11.5 Å². The van der Waals surface area contributed by atoms with Crippen LogP contribution in [-0.2, 0) is 9.53 Å². The molecule has 1 unspecified atom stereocenters. The average molecular weight is 237 g/mol. The molecular weight excluding hydrogens is 226 g/mol. The predicted octanol–water partition coefficient (Wildman–Crippen LogP) is -0.609. The summed E-state index contributed by atoms with van der Waals surface area (Å²) in [6.45, 7) is 1.65. The van der Waals surface area contributed by atoms with Crippen LogP contribution >= 0.6 is 0 Å². The van der Waals surface area contributed by atoms with Gasteiger partial charge in [0, 0.05) is 6.07 Å². The maximum Gasteiger partial charge on any atom is 0.348 e. The van der Waals surface area contributed by atoms with Crippen molar-refractivity contribution in [2.75, 3.05) is 12.4 Å². The maximum atomic E-state index is 11.2. The van der Waals surface area contributed by atoms with Gasteiger partial charge in [0.1, 0.15) is 18.2 Å². The molecule has 0 aliphatic carbocycles. The number of hydrogen-bond donors (Lipinski definition) is 2. The van der Waals surface area contributed by atoms with Gasteiger partial charge in [-0.05, 0) is 6.92 Å². The quantitative estimate of drug-likeness (QED) is 0.690. The molecule has 0 bridgehead atoms. The van der Waals surface area contributed by atoms with E-state index in [2.05, 4.69) is 25.2 Å². The lowest BCUT2D eigenvalue weighted by molar-refractivity contribution is -0.141. The van der Waals surface area contributed by atoms with Crippen molar-refractivity contribution in [2.45, 2.75) is 13.0 Å². The van der Waals surface area contributed by atoms with Crippen molar-refractivity contribution in [3.05, 3.63) is 22.9 Å². The summed E-state index contributed by atoms with van der Waals surface area (Å²) in [6.07, 6.45) is 1.33. The topological polar surface area (TPSA) is 101 Å². The number of rotatable bonds is 3. The van der Waals surface area contributed by atoms with Gasteiger partial charge in [0.25, 0.3) is 0 Å². The van der Waals surface area contributed by atoms with E-state index >= 15 is 0 Å². The smallest absolute Gasteiger partial charge is 0.348 e. The van der Waals surface area contributed by atoms with Gasteiger partial charge in [-0.2, -0.15) is 5.10 Å². The van der Waals surface area contributed by atoms with Gasteiger partial charge in [-0.25, -0.2) is 24.1 Å². The number of nitrogens with zero attached hydrogens (tertiary/aromatic N) is 3. The Labute approximate surface area is 95.6 Å². The Morgan fingerprint density at radius 1 is 1.65 bits per heavy atom. The number of aromatic amines is 1. The Bertz CT molecular complexity index is 602. The monoisotopic (exact) mass is 237 g/mol. The fourth-order valence-corrected chi connectivity index (χ4v) is 1.35. The highest BCUT2D eigenvalue weighted by molar-refractivity contribution is 5.78. The molecule has 0 saturated heterocycles. The van der Waals surface area contributed by atoms with Gasteiger partial charge >= 0.3 is 11.7 Å². The largest absolute Gasteiger partial charge is 0.467 e. The summed E-state index contributed by atoms with van der Waals surface area (Å²) in [4.78, 5) is 26.4. The number of aromatic nitrogens is 4. The average Bonchev–Trinajstić information content (AvgIpc) is 2.69. The first-order valence-corrected chi connectivity index (χ1v) is 4.89. The molecule has 90 valence electrons. The van der Waals surface area contributed by atoms with Crippen LogP contribution in [0, 0.1) is 0 Å². The van der Waals surface area contributed by atoms with Gasteiger partial charge in [-0.3, -0.25) is 0 Å². The van der Waals surface area contributed by atoms with Crippen molar-refractivity contribution in [2.24, 2.45) is 0 Å². The molecule has 0 aliphatic rings. The van der Waals surface area contributed by atoms with Crippen LogP contribution in [0.3, 0.4) is 0 Å². The molecule has 8 nitrogen and oxygen atoms in total. The second-order valence-corrected chi connectivity index (χ2v) is 3.42. The van der Waals surface area contributed by atoms with Crippen LogP contribution in [0.5, 0.6) is 0 Å². The summed E-state index contributed by atoms with van der Waals surface area (Å²) in [5.74, 6) is 0.0421. The second kappa shape index (κ2) is 4.24. The Balaban J connectivity index is 2.25. The highest BCUT2D eigenvalue weighted by Gasteiger charge is 2.13. The molecule has 0 spiro atoms. The summed E-state index contributed by atoms with van der Waals surface area (Å²) in [5.41, 5.74) is 0.0598. The van der Waals surface area contributed by atoms with Gasteiger partial charge in [0.05, 0.1) is 7.11 Å². The minimum atomic E-state index is -0.527. The molecule has 0 fully saturated rings. The summed E-state index contributed by atoms with van der Waals surface area (Å²) >= 11 is 0. The zero-order valence-electron chi connectivity index (χ0n) is 9.30. The molecule has 0 amide bonds. The molecule has 1 atom stereocenters. The van der Waals surface area contributed by atoms with Crippen LogP contribution in [0.15, 0.2) is 17.2 Å². The molecule has 17 heavy (non-hydrogen) atoms. The number of anilines is 1. The molecule has 2 rings (SSSR count). The van der Waals surface area contributed by atoms with E-state index in [0.717, 1.165) is 0 Å². The Morgan fingerprint density at radius 2 is 2.41 bits per heavy atom. The van der Waals surface area contributed by atoms with E-state index in [1.807, 2.05) is 0 Å².